The maximum absolute atomic E-state index is 14.5. The standard InChI is InChI=1S/C27H31ClFN7O2S/c1-35-6-8-36(9-7-35)20-12-17(13-20)26(38)32-25-15-19(4-5-30-25)31-24-16-23(33-34-27(24)39-11-10-37)21-14-18(28)2-3-22(21)29/h2-5,14-17,20,37H,6-13H2,1H3,(H2,30,31,32,33,38)/t17-,20+. The molecule has 2 aliphatic rings. The van der Waals surface area contributed by atoms with Gasteiger partial charge in [0.25, 0.3) is 0 Å². The van der Waals surface area contributed by atoms with Gasteiger partial charge in [-0.25, -0.2) is 9.37 Å². The normalized spacial score (nSPS) is 19.9. The van der Waals surface area contributed by atoms with E-state index in [1.165, 1.54) is 30.0 Å². The number of aromatic nitrogens is 3. The Morgan fingerprint density at radius 2 is 1.95 bits per heavy atom. The lowest BCUT2D eigenvalue weighted by atomic mass is 9.78. The van der Waals surface area contributed by atoms with Crippen molar-refractivity contribution in [3.05, 3.63) is 53.4 Å². The fourth-order valence-electron chi connectivity index (χ4n) is 4.79. The minimum absolute atomic E-state index is 0.0193. The number of hydrogen-bond acceptors (Lipinski definition) is 9. The largest absolute Gasteiger partial charge is 0.396 e. The van der Waals surface area contributed by atoms with Gasteiger partial charge in [0.1, 0.15) is 16.7 Å². The molecule has 9 nitrogen and oxygen atoms in total. The number of carbonyl (C=O) groups is 1. The van der Waals surface area contributed by atoms with Crippen LogP contribution >= 0.6 is 23.4 Å². The molecule has 1 aromatic carbocycles. The topological polar surface area (TPSA) is 107 Å². The monoisotopic (exact) mass is 571 g/mol. The molecule has 2 fully saturated rings. The number of piperazine rings is 1. The summed E-state index contributed by atoms with van der Waals surface area (Å²) in [5.41, 5.74) is 1.79. The predicted molar refractivity (Wildman–Crippen MR) is 152 cm³/mol. The highest BCUT2D eigenvalue weighted by atomic mass is 35.5. The van der Waals surface area contributed by atoms with Crippen LogP contribution < -0.4 is 10.6 Å². The first-order valence-electron chi connectivity index (χ1n) is 12.9. The van der Waals surface area contributed by atoms with E-state index in [1.54, 1.807) is 24.4 Å². The molecule has 1 saturated heterocycles. The number of likely N-dealkylation sites (N-methyl/N-ethyl adjacent to an activating group) is 1. The second-order valence-corrected chi connectivity index (χ2v) is 11.4. The quantitative estimate of drug-likeness (QED) is 0.327. The highest BCUT2D eigenvalue weighted by Gasteiger charge is 2.38. The van der Waals surface area contributed by atoms with Crippen LogP contribution in [0.25, 0.3) is 11.3 Å². The lowest BCUT2D eigenvalue weighted by molar-refractivity contribution is -0.124. The number of hydrogen-bond donors (Lipinski definition) is 3. The van der Waals surface area contributed by atoms with Crippen LogP contribution in [0.3, 0.4) is 0 Å². The maximum Gasteiger partial charge on any atom is 0.228 e. The number of aliphatic hydroxyl groups is 1. The summed E-state index contributed by atoms with van der Waals surface area (Å²) in [7, 11) is 2.14. The van der Waals surface area contributed by atoms with Crippen LogP contribution in [0, 0.1) is 11.7 Å². The second-order valence-electron chi connectivity index (χ2n) is 9.85. The molecule has 206 valence electrons. The van der Waals surface area contributed by atoms with E-state index in [4.69, 9.17) is 11.6 Å². The number of anilines is 3. The lowest BCUT2D eigenvalue weighted by Crippen LogP contribution is -2.54. The molecule has 39 heavy (non-hydrogen) atoms. The summed E-state index contributed by atoms with van der Waals surface area (Å²) in [6, 6.07) is 9.93. The summed E-state index contributed by atoms with van der Waals surface area (Å²) in [6.07, 6.45) is 3.34. The number of aliphatic hydroxyl groups excluding tert-OH is 1. The van der Waals surface area contributed by atoms with Gasteiger partial charge in [-0.2, -0.15) is 0 Å². The minimum atomic E-state index is -0.463. The molecule has 1 aliphatic carbocycles. The number of carbonyl (C=O) groups excluding carboxylic acids is 1. The molecule has 3 aromatic rings. The molecule has 0 atom stereocenters. The Morgan fingerprint density at radius 3 is 2.72 bits per heavy atom. The number of nitrogens with zero attached hydrogens (tertiary/aromatic N) is 5. The number of benzene rings is 1. The second kappa shape index (κ2) is 12.6. The predicted octanol–water partition coefficient (Wildman–Crippen LogP) is 4.12. The van der Waals surface area contributed by atoms with Crippen LogP contribution in [-0.4, -0.2) is 87.6 Å². The van der Waals surface area contributed by atoms with Crippen molar-refractivity contribution in [2.45, 2.75) is 23.9 Å². The summed E-state index contributed by atoms with van der Waals surface area (Å²) in [5.74, 6) is 0.362. The third-order valence-corrected chi connectivity index (χ3v) is 8.32. The maximum atomic E-state index is 14.5. The first kappa shape index (κ1) is 27.7. The van der Waals surface area contributed by atoms with E-state index >= 15 is 0 Å². The molecule has 3 heterocycles. The van der Waals surface area contributed by atoms with Crippen molar-refractivity contribution in [1.29, 1.82) is 0 Å². The smallest absolute Gasteiger partial charge is 0.228 e. The average Bonchev–Trinajstić information content (AvgIpc) is 2.90. The van der Waals surface area contributed by atoms with E-state index in [2.05, 4.69) is 42.7 Å². The molecule has 1 aliphatic heterocycles. The summed E-state index contributed by atoms with van der Waals surface area (Å²) in [4.78, 5) is 22.0. The first-order chi connectivity index (χ1) is 18.9. The van der Waals surface area contributed by atoms with Crippen LogP contribution in [-0.2, 0) is 4.79 Å². The van der Waals surface area contributed by atoms with Crippen molar-refractivity contribution in [2.75, 3.05) is 56.2 Å². The zero-order chi connectivity index (χ0) is 27.4. The summed E-state index contributed by atoms with van der Waals surface area (Å²) >= 11 is 7.40. The fourth-order valence-corrected chi connectivity index (χ4v) is 5.61. The van der Waals surface area contributed by atoms with Gasteiger partial charge in [-0.05, 0) is 50.2 Å². The van der Waals surface area contributed by atoms with Crippen molar-refractivity contribution >= 4 is 46.5 Å². The van der Waals surface area contributed by atoms with Gasteiger partial charge in [-0.3, -0.25) is 9.69 Å². The third-order valence-electron chi connectivity index (χ3n) is 7.12. The van der Waals surface area contributed by atoms with Crippen LogP contribution in [0.4, 0.5) is 21.6 Å². The Bertz CT molecular complexity index is 1320. The number of thioether (sulfide) groups is 1. The van der Waals surface area contributed by atoms with E-state index in [9.17, 15) is 14.3 Å². The summed E-state index contributed by atoms with van der Waals surface area (Å²) in [5, 5.41) is 24.9. The Morgan fingerprint density at radius 1 is 1.15 bits per heavy atom. The number of rotatable bonds is 9. The fraction of sp³-hybridized carbons (Fsp3) is 0.407. The van der Waals surface area contributed by atoms with Gasteiger partial charge >= 0.3 is 0 Å². The van der Waals surface area contributed by atoms with E-state index in [1.807, 2.05) is 0 Å². The average molecular weight is 572 g/mol. The molecule has 0 radical (unpaired) electrons. The molecule has 0 spiro atoms. The molecular weight excluding hydrogens is 541 g/mol. The Kier molecular flexibility index (Phi) is 8.93. The van der Waals surface area contributed by atoms with E-state index in [0.717, 1.165) is 39.0 Å². The zero-order valence-electron chi connectivity index (χ0n) is 21.6. The van der Waals surface area contributed by atoms with Gasteiger partial charge in [0.15, 0.2) is 0 Å². The molecule has 2 aromatic heterocycles. The van der Waals surface area contributed by atoms with Gasteiger partial charge < -0.3 is 20.6 Å². The summed E-state index contributed by atoms with van der Waals surface area (Å²) in [6.45, 7) is 4.22. The highest BCUT2D eigenvalue weighted by molar-refractivity contribution is 7.99. The molecule has 12 heteroatoms. The van der Waals surface area contributed by atoms with Crippen molar-refractivity contribution in [1.82, 2.24) is 25.0 Å². The van der Waals surface area contributed by atoms with Crippen molar-refractivity contribution < 1.29 is 14.3 Å². The number of halogens is 2. The Labute approximate surface area is 236 Å². The van der Waals surface area contributed by atoms with Crippen molar-refractivity contribution in [3.8, 4) is 11.3 Å². The molecule has 3 N–H and O–H groups in total. The number of nitrogens with one attached hydrogen (secondary N) is 2. The molecule has 0 bridgehead atoms. The van der Waals surface area contributed by atoms with Crippen LogP contribution in [0.15, 0.2) is 47.6 Å². The zero-order valence-corrected chi connectivity index (χ0v) is 23.2. The number of pyridine rings is 1. The minimum Gasteiger partial charge on any atom is -0.396 e. The molecule has 1 amide bonds. The van der Waals surface area contributed by atoms with Crippen molar-refractivity contribution in [2.24, 2.45) is 5.92 Å². The van der Waals surface area contributed by atoms with Crippen molar-refractivity contribution in [3.63, 3.8) is 0 Å². The Balaban J connectivity index is 1.27. The third kappa shape index (κ3) is 6.85. The van der Waals surface area contributed by atoms with Crippen LogP contribution in [0.2, 0.25) is 5.02 Å². The van der Waals surface area contributed by atoms with E-state index in [-0.39, 0.29) is 24.0 Å². The van der Waals surface area contributed by atoms with Crippen LogP contribution in [0.1, 0.15) is 12.8 Å². The molecular formula is C27H31ClFN7O2S. The number of amides is 1. The molecule has 0 unspecified atom stereocenters. The van der Waals surface area contributed by atoms with Gasteiger partial charge in [-0.15, -0.1) is 22.0 Å². The van der Waals surface area contributed by atoms with Crippen LogP contribution in [0.5, 0.6) is 0 Å². The SMILES string of the molecule is CN1CCN([C@H]2C[C@@H](C(=O)Nc3cc(Nc4cc(-c5cc(Cl)ccc5F)nnc4SCCO)ccn3)C2)CC1. The first-order valence-corrected chi connectivity index (χ1v) is 14.3. The Hall–Kier alpha value is -2.83. The summed E-state index contributed by atoms with van der Waals surface area (Å²) < 4.78 is 14.5. The molecule has 1 saturated carbocycles. The lowest BCUT2D eigenvalue weighted by Gasteiger charge is -2.45. The molecule has 5 rings (SSSR count). The highest BCUT2D eigenvalue weighted by Crippen LogP contribution is 2.35. The van der Waals surface area contributed by atoms with E-state index in [0.29, 0.717) is 44.7 Å². The van der Waals surface area contributed by atoms with E-state index < -0.39 is 5.82 Å². The van der Waals surface area contributed by atoms with Gasteiger partial charge in [0.05, 0.1) is 18.0 Å². The van der Waals surface area contributed by atoms with Gasteiger partial charge in [0.2, 0.25) is 5.91 Å². The van der Waals surface area contributed by atoms with Gasteiger partial charge in [-0.1, -0.05) is 11.6 Å². The van der Waals surface area contributed by atoms with Gasteiger partial charge in [0, 0.05) is 72.4 Å².